The van der Waals surface area contributed by atoms with Crippen molar-refractivity contribution < 1.29 is 42.9 Å². The average molecular weight is 1120 g/mol. The Morgan fingerprint density at radius 2 is 0.684 bits per heavy atom. The molecule has 0 aromatic carbocycles. The Morgan fingerprint density at radius 3 is 1.00 bits per heavy atom. The first-order chi connectivity index (χ1) is 38.6. The third-order valence-corrected chi connectivity index (χ3v) is 15.7. The van der Waals surface area contributed by atoms with Gasteiger partial charge in [0.15, 0.2) is 6.10 Å². The predicted octanol–water partition coefficient (Wildman–Crippen LogP) is 21.0. The minimum absolute atomic E-state index is 0.174. The van der Waals surface area contributed by atoms with Crippen LogP contribution in [0.25, 0.3) is 0 Å². The summed E-state index contributed by atoms with van der Waals surface area (Å²) in [5.74, 6) is -1.97. The lowest BCUT2D eigenvalue weighted by molar-refractivity contribution is -0.870. The van der Waals surface area contributed by atoms with E-state index in [1.165, 1.54) is 276 Å². The minimum atomic E-state index is -1.51. The summed E-state index contributed by atoms with van der Waals surface area (Å²) in [6.45, 7) is 4.94. The van der Waals surface area contributed by atoms with Crippen molar-refractivity contribution in [3.8, 4) is 0 Å². The Kier molecular flexibility index (Phi) is 60.1. The van der Waals surface area contributed by atoms with E-state index in [2.05, 4.69) is 38.2 Å². The number of carbonyl (C=O) groups is 3. The molecule has 0 heterocycles. The van der Waals surface area contributed by atoms with Crippen LogP contribution in [0.5, 0.6) is 0 Å². The van der Waals surface area contributed by atoms with Gasteiger partial charge in [-0.1, -0.05) is 314 Å². The van der Waals surface area contributed by atoms with Gasteiger partial charge in [-0.15, -0.1) is 0 Å². The maximum atomic E-state index is 12.9. The second kappa shape index (κ2) is 61.8. The van der Waals surface area contributed by atoms with Crippen LogP contribution in [-0.4, -0.2) is 87.4 Å². The molecule has 1 N–H and O–H groups in total. The van der Waals surface area contributed by atoms with Gasteiger partial charge in [0.25, 0.3) is 6.29 Å². The quantitative estimate of drug-likeness (QED) is 0.0211. The number of carbonyl (C=O) groups excluding carboxylic acids is 2. The number of hydrogen-bond donors (Lipinski definition) is 1. The highest BCUT2D eigenvalue weighted by molar-refractivity contribution is 5.71. The van der Waals surface area contributed by atoms with Crippen molar-refractivity contribution >= 4 is 17.9 Å². The lowest BCUT2D eigenvalue weighted by Gasteiger charge is -2.25. The molecular formula is C70H134NO8+. The number of likely N-dealkylation sites (N-methyl/N-ethyl adjacent to an activating group) is 1. The van der Waals surface area contributed by atoms with Crippen LogP contribution in [0.4, 0.5) is 0 Å². The van der Waals surface area contributed by atoms with Crippen LogP contribution in [-0.2, 0) is 33.3 Å². The number of unbranched alkanes of at least 4 members (excludes halogenated alkanes) is 46. The topological polar surface area (TPSA) is 108 Å². The van der Waals surface area contributed by atoms with Crippen molar-refractivity contribution in [3.05, 3.63) is 24.3 Å². The molecule has 0 aromatic rings. The SMILES string of the molecule is CCCCCCC/C=C\C/C=C\CCCCCCCCCCCCCCCCCCCCCC(=O)OC(COC(=O)CCCCCCCCCCCCCCCCCCCCCCCCC)COC(OCC[N+](C)(C)C)C(=O)O. The molecule has 2 atom stereocenters. The van der Waals surface area contributed by atoms with Crippen LogP contribution in [0.2, 0.25) is 0 Å². The summed E-state index contributed by atoms with van der Waals surface area (Å²) in [6.07, 6.45) is 72.9. The smallest absolute Gasteiger partial charge is 0.361 e. The first-order valence-electron chi connectivity index (χ1n) is 34.5. The zero-order valence-electron chi connectivity index (χ0n) is 53.3. The second-order valence-corrected chi connectivity index (χ2v) is 24.8. The third-order valence-electron chi connectivity index (χ3n) is 15.7. The van der Waals surface area contributed by atoms with E-state index in [1.807, 2.05) is 21.1 Å². The summed E-state index contributed by atoms with van der Waals surface area (Å²) in [4.78, 5) is 37.6. The zero-order valence-corrected chi connectivity index (χ0v) is 53.3. The lowest BCUT2D eigenvalue weighted by atomic mass is 10.0. The van der Waals surface area contributed by atoms with Crippen LogP contribution in [0.15, 0.2) is 24.3 Å². The van der Waals surface area contributed by atoms with E-state index < -0.39 is 18.4 Å². The molecule has 466 valence electrons. The summed E-state index contributed by atoms with van der Waals surface area (Å²) in [5.41, 5.74) is 0. The molecule has 0 aliphatic carbocycles. The monoisotopic (exact) mass is 1120 g/mol. The minimum Gasteiger partial charge on any atom is -0.477 e. The number of carboxylic acids is 1. The Bertz CT molecular complexity index is 1340. The van der Waals surface area contributed by atoms with Gasteiger partial charge in [0.05, 0.1) is 34.4 Å². The highest BCUT2D eigenvalue weighted by Gasteiger charge is 2.25. The van der Waals surface area contributed by atoms with Crippen LogP contribution in [0.1, 0.15) is 348 Å². The van der Waals surface area contributed by atoms with E-state index in [0.29, 0.717) is 17.4 Å². The lowest BCUT2D eigenvalue weighted by Crippen LogP contribution is -2.40. The first-order valence-corrected chi connectivity index (χ1v) is 34.5. The molecule has 0 spiro atoms. The molecule has 0 amide bonds. The van der Waals surface area contributed by atoms with Crippen LogP contribution < -0.4 is 0 Å². The fourth-order valence-corrected chi connectivity index (χ4v) is 10.4. The Balaban J connectivity index is 4.06. The number of nitrogens with zero attached hydrogens (tertiary/aromatic N) is 1. The van der Waals surface area contributed by atoms with Gasteiger partial charge in [0.2, 0.25) is 0 Å². The summed E-state index contributed by atoms with van der Waals surface area (Å²) in [7, 11) is 5.99. The number of quaternary nitrogens is 1. The molecular weight excluding hydrogens is 983 g/mol. The molecule has 0 aromatic heterocycles. The third kappa shape index (κ3) is 63.2. The number of allylic oxidation sites excluding steroid dienone is 4. The van der Waals surface area contributed by atoms with E-state index in [4.69, 9.17) is 18.9 Å². The molecule has 0 saturated carbocycles. The van der Waals surface area contributed by atoms with Crippen molar-refractivity contribution in [1.82, 2.24) is 0 Å². The van der Waals surface area contributed by atoms with Crippen molar-refractivity contribution in [2.24, 2.45) is 0 Å². The fourth-order valence-electron chi connectivity index (χ4n) is 10.4. The van der Waals surface area contributed by atoms with Crippen molar-refractivity contribution in [3.63, 3.8) is 0 Å². The van der Waals surface area contributed by atoms with E-state index in [-0.39, 0.29) is 38.2 Å². The van der Waals surface area contributed by atoms with Gasteiger partial charge in [0, 0.05) is 12.8 Å². The van der Waals surface area contributed by atoms with Crippen molar-refractivity contribution in [2.45, 2.75) is 360 Å². The van der Waals surface area contributed by atoms with E-state index >= 15 is 0 Å². The molecule has 9 heteroatoms. The average Bonchev–Trinajstić information content (AvgIpc) is 3.42. The number of rotatable bonds is 65. The highest BCUT2D eigenvalue weighted by Crippen LogP contribution is 2.19. The Morgan fingerprint density at radius 1 is 0.380 bits per heavy atom. The number of hydrogen-bond acceptors (Lipinski definition) is 7. The zero-order chi connectivity index (χ0) is 57.6. The number of ether oxygens (including phenoxy) is 4. The maximum absolute atomic E-state index is 12.9. The summed E-state index contributed by atoms with van der Waals surface area (Å²) >= 11 is 0. The predicted molar refractivity (Wildman–Crippen MR) is 337 cm³/mol. The molecule has 79 heavy (non-hydrogen) atoms. The summed E-state index contributed by atoms with van der Waals surface area (Å²) in [5, 5.41) is 9.74. The van der Waals surface area contributed by atoms with Gasteiger partial charge < -0.3 is 28.5 Å². The molecule has 2 unspecified atom stereocenters. The number of carboxylic acid groups (broad SMARTS) is 1. The fraction of sp³-hybridized carbons (Fsp3) is 0.900. The Labute approximate surface area is 490 Å². The maximum Gasteiger partial charge on any atom is 0.361 e. The van der Waals surface area contributed by atoms with Crippen LogP contribution in [0, 0.1) is 0 Å². The Hall–Kier alpha value is -2.23. The normalized spacial score (nSPS) is 12.8. The van der Waals surface area contributed by atoms with E-state index in [9.17, 15) is 19.5 Å². The standard InChI is InChI=1S/C70H133NO8/c1-6-8-10-12-14-16-18-20-22-24-26-28-30-31-32-33-34-35-36-37-39-41-43-45-47-49-51-53-55-57-59-61-68(73)79-66(65-78-70(69(74)75)76-63-62-71(3,4)5)64-77-67(72)60-58-56-54-52-50-48-46-44-42-40-38-29-27-25-23-21-19-17-15-13-11-9-7-2/h18,20,24,26,66,70H,6-17,19,21-23,25,27-65H2,1-5H3/p+1/b20-18-,26-24-. The van der Waals surface area contributed by atoms with E-state index in [0.717, 1.165) is 44.9 Å². The van der Waals surface area contributed by atoms with Crippen molar-refractivity contribution in [1.29, 1.82) is 0 Å². The molecule has 9 nitrogen and oxygen atoms in total. The van der Waals surface area contributed by atoms with Gasteiger partial charge in [-0.05, 0) is 44.9 Å². The van der Waals surface area contributed by atoms with Gasteiger partial charge in [-0.2, -0.15) is 0 Å². The highest BCUT2D eigenvalue weighted by atomic mass is 16.7. The van der Waals surface area contributed by atoms with Gasteiger partial charge in [-0.3, -0.25) is 9.59 Å². The molecule has 0 aliphatic rings. The van der Waals surface area contributed by atoms with Crippen molar-refractivity contribution in [2.75, 3.05) is 47.5 Å². The molecule has 0 fully saturated rings. The molecule has 0 radical (unpaired) electrons. The molecule has 0 saturated heterocycles. The number of esters is 2. The molecule has 0 rings (SSSR count). The first kappa shape index (κ1) is 76.8. The van der Waals surface area contributed by atoms with Crippen LogP contribution >= 0.6 is 0 Å². The van der Waals surface area contributed by atoms with Gasteiger partial charge in [-0.25, -0.2) is 4.79 Å². The number of aliphatic carboxylic acids is 1. The second-order valence-electron chi connectivity index (χ2n) is 24.8. The van der Waals surface area contributed by atoms with Gasteiger partial charge in [0.1, 0.15) is 13.2 Å². The molecule has 0 bridgehead atoms. The van der Waals surface area contributed by atoms with Gasteiger partial charge >= 0.3 is 17.9 Å². The summed E-state index contributed by atoms with van der Waals surface area (Å²) in [6, 6.07) is 0. The van der Waals surface area contributed by atoms with E-state index in [1.54, 1.807) is 0 Å². The molecule has 0 aliphatic heterocycles. The largest absolute Gasteiger partial charge is 0.477 e. The van der Waals surface area contributed by atoms with Crippen LogP contribution in [0.3, 0.4) is 0 Å². The summed E-state index contributed by atoms with van der Waals surface area (Å²) < 4.78 is 23.0.